The van der Waals surface area contributed by atoms with Crippen molar-refractivity contribution < 1.29 is 13.2 Å². The summed E-state index contributed by atoms with van der Waals surface area (Å²) in [4.78, 5) is 0. The Morgan fingerprint density at radius 3 is 2.62 bits per heavy atom. The zero-order valence-corrected chi connectivity index (χ0v) is 13.9. The van der Waals surface area contributed by atoms with Gasteiger partial charge in [-0.1, -0.05) is 36.4 Å². The van der Waals surface area contributed by atoms with Gasteiger partial charge in [0, 0.05) is 12.1 Å². The molecule has 24 heavy (non-hydrogen) atoms. The highest BCUT2D eigenvalue weighted by Crippen LogP contribution is 2.35. The molecule has 122 valence electrons. The number of methoxy groups -OCH3 is 1. The maximum atomic E-state index is 11.8. The molecule has 0 saturated heterocycles. The zero-order chi connectivity index (χ0) is 16.7. The Morgan fingerprint density at radius 2 is 1.79 bits per heavy atom. The molecule has 0 unspecified atom stereocenters. The quantitative estimate of drug-likeness (QED) is 0.752. The first-order valence-corrected chi connectivity index (χ1v) is 9.01. The van der Waals surface area contributed by atoms with Gasteiger partial charge in [-0.15, -0.1) is 0 Å². The molecule has 3 aromatic carbocycles. The van der Waals surface area contributed by atoms with E-state index in [9.17, 15) is 8.42 Å². The average Bonchev–Trinajstić information content (AvgIpc) is 2.59. The summed E-state index contributed by atoms with van der Waals surface area (Å²) in [7, 11) is -1.85. The minimum absolute atomic E-state index is 0.295. The number of anilines is 1. The summed E-state index contributed by atoms with van der Waals surface area (Å²) in [5.41, 5.74) is 3.41. The van der Waals surface area contributed by atoms with Gasteiger partial charge in [-0.2, -0.15) is 13.1 Å². The van der Waals surface area contributed by atoms with Crippen LogP contribution in [0.25, 0.3) is 21.9 Å². The lowest BCUT2D eigenvalue weighted by Gasteiger charge is -2.22. The van der Waals surface area contributed by atoms with E-state index in [1.54, 1.807) is 7.11 Å². The van der Waals surface area contributed by atoms with E-state index in [1.807, 2.05) is 48.5 Å². The fraction of sp³-hybridized carbons (Fsp3) is 0.111. The molecule has 3 aromatic rings. The van der Waals surface area contributed by atoms with Crippen molar-refractivity contribution >= 4 is 26.7 Å². The first-order chi connectivity index (χ1) is 11.6. The first kappa shape index (κ1) is 15.0. The van der Waals surface area contributed by atoms with Crippen molar-refractivity contribution in [3.05, 3.63) is 60.2 Å². The molecule has 1 aliphatic heterocycles. The second kappa shape index (κ2) is 5.51. The van der Waals surface area contributed by atoms with E-state index >= 15 is 0 Å². The van der Waals surface area contributed by atoms with Crippen LogP contribution in [0.2, 0.25) is 0 Å². The Bertz CT molecular complexity index is 1050. The van der Waals surface area contributed by atoms with Crippen LogP contribution in [0.1, 0.15) is 5.56 Å². The molecule has 5 nitrogen and oxygen atoms in total. The van der Waals surface area contributed by atoms with E-state index in [2.05, 4.69) is 15.5 Å². The number of ether oxygens (including phenoxy) is 1. The Labute approximate surface area is 140 Å². The number of rotatable bonds is 2. The van der Waals surface area contributed by atoms with Gasteiger partial charge in [-0.25, -0.2) is 0 Å². The maximum Gasteiger partial charge on any atom is 0.299 e. The van der Waals surface area contributed by atoms with Gasteiger partial charge in [0.1, 0.15) is 5.75 Å². The van der Waals surface area contributed by atoms with Gasteiger partial charge in [-0.3, -0.25) is 4.72 Å². The largest absolute Gasteiger partial charge is 0.497 e. The van der Waals surface area contributed by atoms with Gasteiger partial charge in [0.15, 0.2) is 0 Å². The topological polar surface area (TPSA) is 67.4 Å². The van der Waals surface area contributed by atoms with Gasteiger partial charge in [-0.05, 0) is 40.1 Å². The molecule has 0 spiro atoms. The molecule has 4 rings (SSSR count). The van der Waals surface area contributed by atoms with Crippen molar-refractivity contribution in [1.29, 1.82) is 0 Å². The summed E-state index contributed by atoms with van der Waals surface area (Å²) >= 11 is 0. The van der Waals surface area contributed by atoms with Crippen molar-refractivity contribution in [1.82, 2.24) is 4.72 Å². The van der Waals surface area contributed by atoms with Gasteiger partial charge in [0.25, 0.3) is 10.2 Å². The van der Waals surface area contributed by atoms with E-state index in [0.717, 1.165) is 33.2 Å². The van der Waals surface area contributed by atoms with Crippen molar-refractivity contribution in [2.24, 2.45) is 0 Å². The van der Waals surface area contributed by atoms with Crippen LogP contribution in [0.3, 0.4) is 0 Å². The number of para-hydroxylation sites is 1. The molecule has 0 aromatic heterocycles. The highest BCUT2D eigenvalue weighted by molar-refractivity contribution is 7.90. The third-order valence-electron chi connectivity index (χ3n) is 4.20. The standard InChI is InChI=1S/C18H16N2O3S/c1-23-16-8-7-12-9-14(6-5-13(12)10-16)17-4-2-3-15-11-19-24(21,22)20-18(15)17/h2-10,19-20H,11H2,1H3. The SMILES string of the molecule is COc1ccc2cc(-c3cccc4c3NS(=O)(=O)NC4)ccc2c1. The van der Waals surface area contributed by atoms with E-state index < -0.39 is 10.2 Å². The molecule has 0 aliphatic carbocycles. The van der Waals surface area contributed by atoms with Gasteiger partial charge in [0.2, 0.25) is 0 Å². The summed E-state index contributed by atoms with van der Waals surface area (Å²) in [5.74, 6) is 0.811. The Kier molecular flexibility index (Phi) is 3.44. The summed E-state index contributed by atoms with van der Waals surface area (Å²) in [6.45, 7) is 0.295. The predicted molar refractivity (Wildman–Crippen MR) is 95.3 cm³/mol. The number of nitrogens with one attached hydrogen (secondary N) is 2. The monoisotopic (exact) mass is 340 g/mol. The van der Waals surface area contributed by atoms with Crippen molar-refractivity contribution in [3.8, 4) is 16.9 Å². The van der Waals surface area contributed by atoms with E-state index in [-0.39, 0.29) is 0 Å². The van der Waals surface area contributed by atoms with E-state index in [4.69, 9.17) is 4.74 Å². The van der Waals surface area contributed by atoms with Crippen LogP contribution >= 0.6 is 0 Å². The fourth-order valence-electron chi connectivity index (χ4n) is 2.97. The lowest BCUT2D eigenvalue weighted by molar-refractivity contribution is 0.415. The molecular formula is C18H16N2O3S. The number of hydrogen-bond acceptors (Lipinski definition) is 3. The smallest absolute Gasteiger partial charge is 0.299 e. The molecule has 0 atom stereocenters. The van der Waals surface area contributed by atoms with Crippen molar-refractivity contribution in [2.45, 2.75) is 6.54 Å². The summed E-state index contributed by atoms with van der Waals surface area (Å²) in [6, 6.07) is 17.7. The fourth-order valence-corrected chi connectivity index (χ4v) is 3.90. The molecule has 1 heterocycles. The minimum Gasteiger partial charge on any atom is -0.497 e. The Balaban J connectivity index is 1.86. The van der Waals surface area contributed by atoms with Gasteiger partial charge < -0.3 is 4.74 Å². The molecule has 0 saturated carbocycles. The van der Waals surface area contributed by atoms with Gasteiger partial charge in [0.05, 0.1) is 12.8 Å². The predicted octanol–water partition coefficient (Wildman–Crippen LogP) is 3.28. The normalized spacial score (nSPS) is 15.5. The van der Waals surface area contributed by atoms with E-state index in [1.165, 1.54) is 0 Å². The molecule has 0 fully saturated rings. The summed E-state index contributed by atoms with van der Waals surface area (Å²) in [6.07, 6.45) is 0. The average molecular weight is 340 g/mol. The third-order valence-corrected chi connectivity index (χ3v) is 5.20. The van der Waals surface area contributed by atoms with Crippen LogP contribution in [-0.4, -0.2) is 15.5 Å². The van der Waals surface area contributed by atoms with Gasteiger partial charge >= 0.3 is 0 Å². The van der Waals surface area contributed by atoms with Crippen LogP contribution in [0, 0.1) is 0 Å². The highest BCUT2D eigenvalue weighted by atomic mass is 32.2. The molecule has 2 N–H and O–H groups in total. The molecule has 0 radical (unpaired) electrons. The van der Waals surface area contributed by atoms with Crippen LogP contribution in [-0.2, 0) is 16.8 Å². The van der Waals surface area contributed by atoms with Crippen molar-refractivity contribution in [2.75, 3.05) is 11.8 Å². The summed E-state index contributed by atoms with van der Waals surface area (Å²) in [5, 5.41) is 2.15. The Morgan fingerprint density at radius 1 is 1.00 bits per heavy atom. The second-order valence-electron chi connectivity index (χ2n) is 5.69. The van der Waals surface area contributed by atoms with Crippen LogP contribution < -0.4 is 14.2 Å². The lowest BCUT2D eigenvalue weighted by Crippen LogP contribution is -2.34. The second-order valence-corrected chi connectivity index (χ2v) is 7.19. The highest BCUT2D eigenvalue weighted by Gasteiger charge is 2.22. The van der Waals surface area contributed by atoms with Crippen LogP contribution in [0.5, 0.6) is 5.75 Å². The first-order valence-electron chi connectivity index (χ1n) is 7.53. The molecule has 1 aliphatic rings. The zero-order valence-electron chi connectivity index (χ0n) is 13.0. The number of hydrogen-bond donors (Lipinski definition) is 2. The lowest BCUT2D eigenvalue weighted by atomic mass is 9.97. The summed E-state index contributed by atoms with van der Waals surface area (Å²) < 4.78 is 34.0. The van der Waals surface area contributed by atoms with Crippen LogP contribution in [0.4, 0.5) is 5.69 Å². The van der Waals surface area contributed by atoms with Crippen LogP contribution in [0.15, 0.2) is 54.6 Å². The van der Waals surface area contributed by atoms with E-state index in [0.29, 0.717) is 12.2 Å². The molecular weight excluding hydrogens is 324 g/mol. The number of fused-ring (bicyclic) bond motifs is 2. The molecule has 6 heteroatoms. The molecule has 0 amide bonds. The minimum atomic E-state index is -3.49. The number of benzene rings is 3. The third kappa shape index (κ3) is 2.60. The molecule has 0 bridgehead atoms. The maximum absolute atomic E-state index is 11.8. The Hall–Kier alpha value is -2.57. The van der Waals surface area contributed by atoms with Crippen molar-refractivity contribution in [3.63, 3.8) is 0 Å².